The lowest BCUT2D eigenvalue weighted by atomic mass is 9.97. The molecule has 0 fully saturated rings. The van der Waals surface area contributed by atoms with Crippen LogP contribution in [0.15, 0.2) is 146 Å². The van der Waals surface area contributed by atoms with Gasteiger partial charge in [-0.2, -0.15) is 0 Å². The number of hydrogen-bond donors (Lipinski definition) is 0. The molecule has 0 amide bonds. The normalized spacial score (nSPS) is 11.7. The molecule has 0 atom stereocenters. The van der Waals surface area contributed by atoms with Crippen LogP contribution in [-0.2, 0) is 6.42 Å². The predicted octanol–water partition coefficient (Wildman–Crippen LogP) is 9.94. The first-order valence-electron chi connectivity index (χ1n) is 15.7. The molecule has 0 aliphatic rings. The first kappa shape index (κ1) is 26.3. The quantitative estimate of drug-likeness (QED) is 0.187. The standard InChI is InChI=1S/C41H29N5/c1-2-37-44-41-36(46(37)31-13-7-4-8-14-31)23-22-33-32-15-9-10-16-34(32)43-40(39(33)41)29-19-17-27(18-20-29)30-21-24-38-42-35(26-45(38)25-30)28-11-5-3-6-12-28/h3-26H,2H2,1H3. The van der Waals surface area contributed by atoms with Gasteiger partial charge in [-0.05, 0) is 52.9 Å². The van der Waals surface area contributed by atoms with E-state index in [0.717, 1.165) is 89.9 Å². The van der Waals surface area contributed by atoms with Gasteiger partial charge in [0.25, 0.3) is 0 Å². The van der Waals surface area contributed by atoms with E-state index in [2.05, 4.69) is 144 Å². The number of para-hydroxylation sites is 2. The Morgan fingerprint density at radius 3 is 2.07 bits per heavy atom. The first-order chi connectivity index (χ1) is 22.7. The monoisotopic (exact) mass is 591 g/mol. The summed E-state index contributed by atoms with van der Waals surface area (Å²) in [5.74, 6) is 1.04. The van der Waals surface area contributed by atoms with Crippen molar-refractivity contribution in [2.45, 2.75) is 13.3 Å². The minimum atomic E-state index is 0.824. The number of aryl methyl sites for hydroxylation is 1. The Bertz CT molecular complexity index is 2540. The molecule has 0 N–H and O–H groups in total. The molecular formula is C41H29N5. The van der Waals surface area contributed by atoms with E-state index in [4.69, 9.17) is 15.0 Å². The summed E-state index contributed by atoms with van der Waals surface area (Å²) in [7, 11) is 0. The smallest absolute Gasteiger partial charge is 0.137 e. The van der Waals surface area contributed by atoms with Gasteiger partial charge in [-0.3, -0.25) is 4.57 Å². The second-order valence-electron chi connectivity index (χ2n) is 11.6. The molecule has 9 aromatic rings. The summed E-state index contributed by atoms with van der Waals surface area (Å²) < 4.78 is 4.39. The van der Waals surface area contributed by atoms with Crippen molar-refractivity contribution in [2.75, 3.05) is 0 Å². The van der Waals surface area contributed by atoms with Gasteiger partial charge in [-0.1, -0.05) is 104 Å². The van der Waals surface area contributed by atoms with Gasteiger partial charge in [0, 0.05) is 46.4 Å². The first-order valence-corrected chi connectivity index (χ1v) is 15.7. The highest BCUT2D eigenvalue weighted by Crippen LogP contribution is 2.38. The number of hydrogen-bond acceptors (Lipinski definition) is 3. The van der Waals surface area contributed by atoms with Gasteiger partial charge < -0.3 is 4.40 Å². The van der Waals surface area contributed by atoms with Crippen LogP contribution in [-0.4, -0.2) is 23.9 Å². The molecule has 0 aliphatic carbocycles. The predicted molar refractivity (Wildman–Crippen MR) is 188 cm³/mol. The average molecular weight is 592 g/mol. The maximum Gasteiger partial charge on any atom is 0.137 e. The third-order valence-corrected chi connectivity index (χ3v) is 8.90. The molecule has 5 aromatic carbocycles. The number of nitrogens with zero attached hydrogens (tertiary/aromatic N) is 5. The number of rotatable bonds is 5. The molecule has 9 rings (SSSR count). The lowest BCUT2D eigenvalue weighted by molar-refractivity contribution is 0.908. The third-order valence-electron chi connectivity index (χ3n) is 8.90. The molecule has 0 spiro atoms. The van der Waals surface area contributed by atoms with Gasteiger partial charge in [0.2, 0.25) is 0 Å². The van der Waals surface area contributed by atoms with Crippen LogP contribution in [0.5, 0.6) is 0 Å². The molecule has 4 heterocycles. The highest BCUT2D eigenvalue weighted by molar-refractivity contribution is 6.19. The van der Waals surface area contributed by atoms with Crippen molar-refractivity contribution in [3.05, 3.63) is 152 Å². The van der Waals surface area contributed by atoms with Crippen LogP contribution < -0.4 is 0 Å². The van der Waals surface area contributed by atoms with Crippen molar-refractivity contribution >= 4 is 38.4 Å². The van der Waals surface area contributed by atoms with Crippen LogP contribution in [0.1, 0.15) is 12.7 Å². The summed E-state index contributed by atoms with van der Waals surface area (Å²) in [5.41, 5.74) is 11.5. The lowest BCUT2D eigenvalue weighted by Crippen LogP contribution is -1.99. The summed E-state index contributed by atoms with van der Waals surface area (Å²) in [5, 5.41) is 3.38. The molecule has 218 valence electrons. The molecule has 4 aromatic heterocycles. The molecule has 0 radical (unpaired) electrons. The van der Waals surface area contributed by atoms with Crippen molar-refractivity contribution in [1.82, 2.24) is 23.9 Å². The van der Waals surface area contributed by atoms with Crippen LogP contribution in [0.3, 0.4) is 0 Å². The van der Waals surface area contributed by atoms with Crippen LogP contribution in [0, 0.1) is 0 Å². The molecule has 0 unspecified atom stereocenters. The molecule has 0 aliphatic heterocycles. The van der Waals surface area contributed by atoms with E-state index in [-0.39, 0.29) is 0 Å². The zero-order valence-electron chi connectivity index (χ0n) is 25.3. The number of aromatic nitrogens is 5. The minimum absolute atomic E-state index is 0.824. The van der Waals surface area contributed by atoms with Gasteiger partial charge in [-0.25, -0.2) is 15.0 Å². The Morgan fingerprint density at radius 2 is 1.26 bits per heavy atom. The SMILES string of the molecule is CCc1nc2c3c(-c4ccc(-c5ccc6nc(-c7ccccc7)cn6c5)cc4)nc4ccccc4c3ccc2n1-c1ccccc1. The van der Waals surface area contributed by atoms with Crippen LogP contribution in [0.25, 0.3) is 77.7 Å². The van der Waals surface area contributed by atoms with Gasteiger partial charge in [-0.15, -0.1) is 0 Å². The summed E-state index contributed by atoms with van der Waals surface area (Å²) in [6, 6.07) is 46.6. The fourth-order valence-electron chi connectivity index (χ4n) is 6.67. The summed E-state index contributed by atoms with van der Waals surface area (Å²) in [6.45, 7) is 2.17. The fourth-order valence-corrected chi connectivity index (χ4v) is 6.67. The van der Waals surface area contributed by atoms with E-state index >= 15 is 0 Å². The Hall–Kier alpha value is -6.07. The van der Waals surface area contributed by atoms with Gasteiger partial charge in [0.1, 0.15) is 11.5 Å². The molecule has 46 heavy (non-hydrogen) atoms. The van der Waals surface area contributed by atoms with E-state index in [1.807, 2.05) is 18.2 Å². The van der Waals surface area contributed by atoms with E-state index in [1.165, 1.54) is 0 Å². The summed E-state index contributed by atoms with van der Waals surface area (Å²) >= 11 is 0. The largest absolute Gasteiger partial charge is 0.306 e. The second kappa shape index (κ2) is 10.5. The maximum absolute atomic E-state index is 5.27. The molecule has 0 saturated carbocycles. The van der Waals surface area contributed by atoms with Crippen LogP contribution >= 0.6 is 0 Å². The van der Waals surface area contributed by atoms with Crippen LogP contribution in [0.2, 0.25) is 0 Å². The Labute approximate surface area is 266 Å². The molecule has 0 saturated heterocycles. The minimum Gasteiger partial charge on any atom is -0.306 e. The Kier molecular flexibility index (Phi) is 6.03. The van der Waals surface area contributed by atoms with Crippen LogP contribution in [0.4, 0.5) is 0 Å². The highest BCUT2D eigenvalue weighted by atomic mass is 15.1. The maximum atomic E-state index is 5.27. The molecular weight excluding hydrogens is 562 g/mol. The second-order valence-corrected chi connectivity index (χ2v) is 11.6. The summed E-state index contributed by atoms with van der Waals surface area (Å²) in [4.78, 5) is 15.4. The van der Waals surface area contributed by atoms with E-state index in [1.54, 1.807) is 0 Å². The highest BCUT2D eigenvalue weighted by Gasteiger charge is 2.19. The van der Waals surface area contributed by atoms with E-state index in [9.17, 15) is 0 Å². The van der Waals surface area contributed by atoms with Crippen molar-refractivity contribution in [2.24, 2.45) is 0 Å². The van der Waals surface area contributed by atoms with Gasteiger partial charge >= 0.3 is 0 Å². The zero-order chi connectivity index (χ0) is 30.6. The van der Waals surface area contributed by atoms with E-state index in [0.29, 0.717) is 0 Å². The number of benzene rings is 5. The van der Waals surface area contributed by atoms with Crippen molar-refractivity contribution in [3.63, 3.8) is 0 Å². The topological polar surface area (TPSA) is 48.0 Å². The fraction of sp³-hybridized carbons (Fsp3) is 0.0488. The van der Waals surface area contributed by atoms with E-state index < -0.39 is 0 Å². The van der Waals surface area contributed by atoms with Crippen molar-refractivity contribution in [3.8, 4) is 39.3 Å². The van der Waals surface area contributed by atoms with Crippen molar-refractivity contribution in [1.29, 1.82) is 0 Å². The van der Waals surface area contributed by atoms with Gasteiger partial charge in [0.15, 0.2) is 0 Å². The number of pyridine rings is 2. The number of imidazole rings is 2. The molecule has 0 bridgehead atoms. The summed E-state index contributed by atoms with van der Waals surface area (Å²) in [6.07, 6.45) is 5.07. The number of fused-ring (bicyclic) bond motifs is 6. The average Bonchev–Trinajstić information content (AvgIpc) is 3.73. The molecule has 5 nitrogen and oxygen atoms in total. The zero-order valence-corrected chi connectivity index (χ0v) is 25.3. The van der Waals surface area contributed by atoms with Gasteiger partial charge in [0.05, 0.1) is 27.9 Å². The Balaban J connectivity index is 1.20. The Morgan fingerprint density at radius 1 is 0.543 bits per heavy atom. The molecule has 5 heteroatoms. The lowest BCUT2D eigenvalue weighted by Gasteiger charge is -2.12. The van der Waals surface area contributed by atoms with Crippen molar-refractivity contribution < 1.29 is 0 Å². The third kappa shape index (κ3) is 4.20.